The zero-order valence-electron chi connectivity index (χ0n) is 10.4. The van der Waals surface area contributed by atoms with Gasteiger partial charge in [0, 0.05) is 13.1 Å². The Morgan fingerprint density at radius 1 is 1.33 bits per heavy atom. The number of nitrogens with zero attached hydrogens (tertiary/aromatic N) is 2. The van der Waals surface area contributed by atoms with Crippen LogP contribution in [0.3, 0.4) is 0 Å². The van der Waals surface area contributed by atoms with Crippen molar-refractivity contribution in [2.24, 2.45) is 0 Å². The Kier molecular flexibility index (Phi) is 4.72. The first-order chi connectivity index (χ1) is 8.75. The van der Waals surface area contributed by atoms with E-state index in [1.54, 1.807) is 6.07 Å². The Morgan fingerprint density at radius 2 is 2.11 bits per heavy atom. The van der Waals surface area contributed by atoms with Crippen molar-refractivity contribution in [2.45, 2.75) is 25.8 Å². The second-order valence-corrected chi connectivity index (χ2v) is 4.58. The van der Waals surface area contributed by atoms with Gasteiger partial charge < -0.3 is 14.6 Å². The summed E-state index contributed by atoms with van der Waals surface area (Å²) in [6.45, 7) is 4.83. The van der Waals surface area contributed by atoms with E-state index in [0.717, 1.165) is 13.1 Å². The van der Waals surface area contributed by atoms with E-state index < -0.39 is 4.92 Å². The molecule has 0 unspecified atom stereocenters. The average molecular weight is 253 g/mol. The van der Waals surface area contributed by atoms with Gasteiger partial charge in [-0.15, -0.1) is 0 Å². The molecule has 0 saturated carbocycles. The summed E-state index contributed by atoms with van der Waals surface area (Å²) in [5, 5.41) is 13.7. The van der Waals surface area contributed by atoms with E-state index in [0.29, 0.717) is 12.3 Å². The standard InChI is InChI=1S/C12H19N3O3/c16-15(17)12-5-4-11(18-12)10-13-6-9-14-7-2-1-3-8-14/h4-5,13H,1-3,6-10H2. The molecule has 0 amide bonds. The third-order valence-corrected chi connectivity index (χ3v) is 3.18. The van der Waals surface area contributed by atoms with Gasteiger partial charge in [-0.25, -0.2) is 0 Å². The van der Waals surface area contributed by atoms with Crippen LogP contribution in [-0.4, -0.2) is 36.0 Å². The fraction of sp³-hybridized carbons (Fsp3) is 0.667. The van der Waals surface area contributed by atoms with Crippen LogP contribution in [0.15, 0.2) is 16.5 Å². The van der Waals surface area contributed by atoms with Gasteiger partial charge in [-0.3, -0.25) is 10.1 Å². The molecular formula is C12H19N3O3. The molecule has 0 spiro atoms. The lowest BCUT2D eigenvalue weighted by atomic mass is 10.1. The molecule has 1 saturated heterocycles. The summed E-state index contributed by atoms with van der Waals surface area (Å²) >= 11 is 0. The first kappa shape index (κ1) is 13.0. The summed E-state index contributed by atoms with van der Waals surface area (Å²) in [5.41, 5.74) is 0. The zero-order chi connectivity index (χ0) is 12.8. The molecule has 1 aromatic rings. The van der Waals surface area contributed by atoms with Gasteiger partial charge in [0.2, 0.25) is 0 Å². The Labute approximate surface area is 106 Å². The molecule has 0 aromatic carbocycles. The van der Waals surface area contributed by atoms with Crippen LogP contribution in [0, 0.1) is 10.1 Å². The van der Waals surface area contributed by atoms with E-state index in [4.69, 9.17) is 4.42 Å². The lowest BCUT2D eigenvalue weighted by Crippen LogP contribution is -2.35. The SMILES string of the molecule is O=[N+]([O-])c1ccc(CNCCN2CCCCC2)o1. The molecule has 1 fully saturated rings. The minimum atomic E-state index is -0.517. The predicted octanol–water partition coefficient (Wildman–Crippen LogP) is 1.76. The fourth-order valence-corrected chi connectivity index (χ4v) is 2.19. The Morgan fingerprint density at radius 3 is 2.78 bits per heavy atom. The highest BCUT2D eigenvalue weighted by Gasteiger charge is 2.12. The molecule has 6 heteroatoms. The van der Waals surface area contributed by atoms with Crippen LogP contribution >= 0.6 is 0 Å². The number of hydrogen-bond donors (Lipinski definition) is 1. The maximum Gasteiger partial charge on any atom is 0.433 e. The van der Waals surface area contributed by atoms with E-state index in [1.807, 2.05) is 0 Å². The summed E-state index contributed by atoms with van der Waals surface area (Å²) in [4.78, 5) is 12.4. The number of piperidine rings is 1. The first-order valence-corrected chi connectivity index (χ1v) is 6.42. The smallest absolute Gasteiger partial charge is 0.404 e. The minimum absolute atomic E-state index is 0.192. The van der Waals surface area contributed by atoms with Gasteiger partial charge in [0.25, 0.3) is 0 Å². The number of furan rings is 1. The Balaban J connectivity index is 1.63. The van der Waals surface area contributed by atoms with E-state index in [1.165, 1.54) is 38.4 Å². The van der Waals surface area contributed by atoms with Gasteiger partial charge in [-0.05, 0) is 32.0 Å². The number of likely N-dealkylation sites (tertiary alicyclic amines) is 1. The molecule has 2 heterocycles. The molecule has 2 rings (SSSR count). The summed E-state index contributed by atoms with van der Waals surface area (Å²) in [5.74, 6) is 0.420. The summed E-state index contributed by atoms with van der Waals surface area (Å²) in [6, 6.07) is 3.04. The van der Waals surface area contributed by atoms with Crippen LogP contribution in [0.25, 0.3) is 0 Å². The quantitative estimate of drug-likeness (QED) is 0.475. The van der Waals surface area contributed by atoms with Crippen molar-refractivity contribution in [1.29, 1.82) is 0 Å². The largest absolute Gasteiger partial charge is 0.433 e. The Bertz CT molecular complexity index is 386. The number of nitro groups is 1. The number of hydrogen-bond acceptors (Lipinski definition) is 5. The van der Waals surface area contributed by atoms with Crippen LogP contribution in [0.5, 0.6) is 0 Å². The second kappa shape index (κ2) is 6.51. The maximum atomic E-state index is 10.4. The lowest BCUT2D eigenvalue weighted by molar-refractivity contribution is -0.402. The molecular weight excluding hydrogens is 234 g/mol. The van der Waals surface area contributed by atoms with Crippen LogP contribution in [0.4, 0.5) is 5.88 Å². The fourth-order valence-electron chi connectivity index (χ4n) is 2.19. The minimum Gasteiger partial charge on any atom is -0.404 e. The van der Waals surface area contributed by atoms with Crippen LogP contribution in [0.1, 0.15) is 25.0 Å². The van der Waals surface area contributed by atoms with Gasteiger partial charge in [0.05, 0.1) is 12.6 Å². The van der Waals surface area contributed by atoms with Crippen molar-refractivity contribution in [3.63, 3.8) is 0 Å². The monoisotopic (exact) mass is 253 g/mol. The topological polar surface area (TPSA) is 71.6 Å². The Hall–Kier alpha value is -1.40. The van der Waals surface area contributed by atoms with Gasteiger partial charge in [0.1, 0.15) is 10.7 Å². The normalized spacial score (nSPS) is 16.9. The number of nitrogens with one attached hydrogen (secondary N) is 1. The molecule has 0 bridgehead atoms. The molecule has 6 nitrogen and oxygen atoms in total. The molecule has 1 aliphatic rings. The molecule has 1 aliphatic heterocycles. The molecule has 1 aromatic heterocycles. The lowest BCUT2D eigenvalue weighted by Gasteiger charge is -2.26. The molecule has 100 valence electrons. The van der Waals surface area contributed by atoms with E-state index >= 15 is 0 Å². The maximum absolute atomic E-state index is 10.4. The summed E-state index contributed by atoms with van der Waals surface area (Å²) < 4.78 is 5.06. The van der Waals surface area contributed by atoms with E-state index in [9.17, 15) is 10.1 Å². The van der Waals surface area contributed by atoms with Crippen molar-refractivity contribution in [3.05, 3.63) is 28.0 Å². The second-order valence-electron chi connectivity index (χ2n) is 4.58. The number of rotatable bonds is 6. The molecule has 18 heavy (non-hydrogen) atoms. The molecule has 0 atom stereocenters. The molecule has 0 aliphatic carbocycles. The van der Waals surface area contributed by atoms with E-state index in [-0.39, 0.29) is 5.88 Å². The summed E-state index contributed by atoms with van der Waals surface area (Å²) in [7, 11) is 0. The zero-order valence-corrected chi connectivity index (χ0v) is 10.4. The third kappa shape index (κ3) is 3.82. The summed E-state index contributed by atoms with van der Waals surface area (Å²) in [6.07, 6.45) is 3.94. The molecule has 1 N–H and O–H groups in total. The van der Waals surface area contributed by atoms with Crippen LogP contribution < -0.4 is 5.32 Å². The highest BCUT2D eigenvalue weighted by molar-refractivity contribution is 5.17. The van der Waals surface area contributed by atoms with Gasteiger partial charge in [0.15, 0.2) is 0 Å². The average Bonchev–Trinajstić information content (AvgIpc) is 2.85. The first-order valence-electron chi connectivity index (χ1n) is 6.42. The van der Waals surface area contributed by atoms with Crippen molar-refractivity contribution in [3.8, 4) is 0 Å². The van der Waals surface area contributed by atoms with Gasteiger partial charge in [-0.1, -0.05) is 6.42 Å². The van der Waals surface area contributed by atoms with Crippen molar-refractivity contribution in [1.82, 2.24) is 10.2 Å². The van der Waals surface area contributed by atoms with Crippen molar-refractivity contribution >= 4 is 5.88 Å². The highest BCUT2D eigenvalue weighted by Crippen LogP contribution is 2.15. The van der Waals surface area contributed by atoms with E-state index in [2.05, 4.69) is 10.2 Å². The van der Waals surface area contributed by atoms with Gasteiger partial charge >= 0.3 is 5.88 Å². The highest BCUT2D eigenvalue weighted by atomic mass is 16.6. The predicted molar refractivity (Wildman–Crippen MR) is 67.4 cm³/mol. The van der Waals surface area contributed by atoms with Crippen molar-refractivity contribution in [2.75, 3.05) is 26.2 Å². The van der Waals surface area contributed by atoms with Crippen LogP contribution in [0.2, 0.25) is 0 Å². The van der Waals surface area contributed by atoms with Gasteiger partial charge in [-0.2, -0.15) is 0 Å². The van der Waals surface area contributed by atoms with Crippen molar-refractivity contribution < 1.29 is 9.34 Å². The molecule has 0 radical (unpaired) electrons. The van der Waals surface area contributed by atoms with Crippen LogP contribution in [-0.2, 0) is 6.54 Å². The third-order valence-electron chi connectivity index (χ3n) is 3.18.